The second kappa shape index (κ2) is 4.61. The number of rotatable bonds is 6. The number of aliphatic carboxylic acids is 1. The van der Waals surface area contributed by atoms with Crippen LogP contribution in [0.1, 0.15) is 33.1 Å². The minimum Gasteiger partial charge on any atom is -0.479 e. The van der Waals surface area contributed by atoms with Crippen LogP contribution in [-0.4, -0.2) is 23.8 Å². The van der Waals surface area contributed by atoms with Gasteiger partial charge in [-0.3, -0.25) is 0 Å². The molecule has 3 nitrogen and oxygen atoms in total. The van der Waals surface area contributed by atoms with E-state index in [0.29, 0.717) is 6.61 Å². The summed E-state index contributed by atoms with van der Waals surface area (Å²) in [5, 5.41) is 8.80. The minimum atomic E-state index is -0.842. The summed E-state index contributed by atoms with van der Waals surface area (Å²) in [5.41, 5.74) is 0. The lowest BCUT2D eigenvalue weighted by Crippen LogP contribution is -2.29. The summed E-state index contributed by atoms with van der Waals surface area (Å²) in [6, 6.07) is 0. The highest BCUT2D eigenvalue weighted by atomic mass is 16.5. The fourth-order valence-corrected chi connectivity index (χ4v) is 1.32. The zero-order chi connectivity index (χ0) is 9.84. The van der Waals surface area contributed by atoms with Crippen molar-refractivity contribution < 1.29 is 14.6 Å². The van der Waals surface area contributed by atoms with Gasteiger partial charge in [0, 0.05) is 6.61 Å². The number of hydrogen-bond donors (Lipinski definition) is 1. The first kappa shape index (κ1) is 10.5. The van der Waals surface area contributed by atoms with Crippen molar-refractivity contribution in [3.63, 3.8) is 0 Å². The molecule has 13 heavy (non-hydrogen) atoms. The number of carboxylic acid groups (broad SMARTS) is 1. The van der Waals surface area contributed by atoms with Gasteiger partial charge in [0.2, 0.25) is 0 Å². The van der Waals surface area contributed by atoms with Crippen molar-refractivity contribution in [2.24, 2.45) is 11.8 Å². The maximum Gasteiger partial charge on any atom is 0.333 e. The highest BCUT2D eigenvalue weighted by Gasteiger charge is 2.25. The summed E-state index contributed by atoms with van der Waals surface area (Å²) in [6.45, 7) is 4.34. The first-order valence-corrected chi connectivity index (χ1v) is 4.95. The smallest absolute Gasteiger partial charge is 0.333 e. The Morgan fingerprint density at radius 1 is 1.54 bits per heavy atom. The van der Waals surface area contributed by atoms with Crippen LogP contribution < -0.4 is 0 Å². The van der Waals surface area contributed by atoms with Crippen molar-refractivity contribution >= 4 is 5.97 Å². The third-order valence-corrected chi connectivity index (χ3v) is 2.37. The normalized spacial score (nSPS) is 19.0. The van der Waals surface area contributed by atoms with E-state index in [1.165, 1.54) is 12.8 Å². The van der Waals surface area contributed by atoms with Gasteiger partial charge in [-0.05, 0) is 18.3 Å². The third-order valence-electron chi connectivity index (χ3n) is 2.37. The predicted molar refractivity (Wildman–Crippen MR) is 49.6 cm³/mol. The van der Waals surface area contributed by atoms with Crippen molar-refractivity contribution in [1.82, 2.24) is 0 Å². The molecule has 1 aliphatic rings. The molecule has 1 N–H and O–H groups in total. The summed E-state index contributed by atoms with van der Waals surface area (Å²) in [7, 11) is 0. The van der Waals surface area contributed by atoms with E-state index in [1.807, 2.05) is 13.8 Å². The topological polar surface area (TPSA) is 46.5 Å². The van der Waals surface area contributed by atoms with Gasteiger partial charge in [0.25, 0.3) is 0 Å². The van der Waals surface area contributed by atoms with Crippen molar-refractivity contribution in [1.29, 1.82) is 0 Å². The van der Waals surface area contributed by atoms with Crippen LogP contribution in [0.4, 0.5) is 0 Å². The van der Waals surface area contributed by atoms with Crippen LogP contribution in [0.25, 0.3) is 0 Å². The van der Waals surface area contributed by atoms with Crippen molar-refractivity contribution in [2.45, 2.75) is 39.2 Å². The zero-order valence-electron chi connectivity index (χ0n) is 8.32. The van der Waals surface area contributed by atoms with E-state index in [1.54, 1.807) is 0 Å². The third kappa shape index (κ3) is 3.77. The molecule has 1 fully saturated rings. The molecule has 1 atom stereocenters. The molecule has 0 aromatic carbocycles. The van der Waals surface area contributed by atoms with Crippen molar-refractivity contribution in [2.75, 3.05) is 6.61 Å². The van der Waals surface area contributed by atoms with E-state index in [2.05, 4.69) is 0 Å². The summed E-state index contributed by atoms with van der Waals surface area (Å²) >= 11 is 0. The van der Waals surface area contributed by atoms with E-state index >= 15 is 0 Å². The summed E-state index contributed by atoms with van der Waals surface area (Å²) in [6.07, 6.45) is 2.99. The quantitative estimate of drug-likeness (QED) is 0.689. The van der Waals surface area contributed by atoms with Gasteiger partial charge >= 0.3 is 5.97 Å². The molecule has 3 heteroatoms. The molecule has 76 valence electrons. The lowest BCUT2D eigenvalue weighted by Gasteiger charge is -2.16. The molecule has 0 bridgehead atoms. The molecule has 0 radical (unpaired) electrons. The monoisotopic (exact) mass is 186 g/mol. The predicted octanol–water partition coefficient (Wildman–Crippen LogP) is 1.91. The SMILES string of the molecule is CC(C)C(OCCC1CC1)C(=O)O. The molecule has 0 aromatic rings. The van der Waals surface area contributed by atoms with Gasteiger partial charge in [-0.15, -0.1) is 0 Å². The van der Waals surface area contributed by atoms with Crippen LogP contribution in [0.5, 0.6) is 0 Å². The maximum absolute atomic E-state index is 10.7. The van der Waals surface area contributed by atoms with Gasteiger partial charge in [-0.2, -0.15) is 0 Å². The Morgan fingerprint density at radius 2 is 2.15 bits per heavy atom. The van der Waals surface area contributed by atoms with E-state index < -0.39 is 12.1 Å². The molecule has 0 aliphatic heterocycles. The molecule has 0 saturated heterocycles. The Morgan fingerprint density at radius 3 is 2.54 bits per heavy atom. The number of hydrogen-bond acceptors (Lipinski definition) is 2. The van der Waals surface area contributed by atoms with Gasteiger partial charge in [0.15, 0.2) is 6.10 Å². The van der Waals surface area contributed by atoms with Crippen LogP contribution in [0.2, 0.25) is 0 Å². The Hall–Kier alpha value is -0.570. The lowest BCUT2D eigenvalue weighted by molar-refractivity contribution is -0.153. The van der Waals surface area contributed by atoms with Gasteiger partial charge in [0.05, 0.1) is 0 Å². The molecule has 1 saturated carbocycles. The minimum absolute atomic E-state index is 0.0525. The largest absolute Gasteiger partial charge is 0.479 e. The number of carbonyl (C=O) groups is 1. The first-order valence-electron chi connectivity index (χ1n) is 4.95. The van der Waals surface area contributed by atoms with Gasteiger partial charge in [-0.25, -0.2) is 4.79 Å². The van der Waals surface area contributed by atoms with E-state index in [-0.39, 0.29) is 5.92 Å². The molecule has 0 spiro atoms. The summed E-state index contributed by atoms with van der Waals surface area (Å²) in [5.74, 6) is 0.0177. The lowest BCUT2D eigenvalue weighted by atomic mass is 10.1. The van der Waals surface area contributed by atoms with Crippen LogP contribution in [-0.2, 0) is 9.53 Å². The highest BCUT2D eigenvalue weighted by Crippen LogP contribution is 2.32. The van der Waals surface area contributed by atoms with Crippen molar-refractivity contribution in [3.05, 3.63) is 0 Å². The van der Waals surface area contributed by atoms with Crippen molar-refractivity contribution in [3.8, 4) is 0 Å². The zero-order valence-corrected chi connectivity index (χ0v) is 8.32. The van der Waals surface area contributed by atoms with Crippen LogP contribution >= 0.6 is 0 Å². The molecule has 0 aromatic heterocycles. The Bertz CT molecular complexity index is 173. The molecule has 1 unspecified atom stereocenters. The van der Waals surface area contributed by atoms with Gasteiger partial charge in [-0.1, -0.05) is 26.7 Å². The average Bonchev–Trinajstić information content (AvgIpc) is 2.79. The van der Waals surface area contributed by atoms with Crippen LogP contribution in [0.15, 0.2) is 0 Å². The molecule has 0 heterocycles. The number of ether oxygens (including phenoxy) is 1. The Kier molecular flexibility index (Phi) is 3.72. The second-order valence-corrected chi connectivity index (χ2v) is 4.11. The maximum atomic E-state index is 10.7. The van der Waals surface area contributed by atoms with Crippen LogP contribution in [0, 0.1) is 11.8 Å². The molecule has 1 rings (SSSR count). The van der Waals surface area contributed by atoms with Gasteiger partial charge in [0.1, 0.15) is 0 Å². The van der Waals surface area contributed by atoms with Crippen LogP contribution in [0.3, 0.4) is 0 Å². The second-order valence-electron chi connectivity index (χ2n) is 4.11. The van der Waals surface area contributed by atoms with E-state index in [9.17, 15) is 4.79 Å². The fourth-order valence-electron chi connectivity index (χ4n) is 1.32. The van der Waals surface area contributed by atoms with Gasteiger partial charge < -0.3 is 9.84 Å². The summed E-state index contributed by atoms with van der Waals surface area (Å²) < 4.78 is 5.32. The Labute approximate surface area is 79.1 Å². The molecule has 1 aliphatic carbocycles. The highest BCUT2D eigenvalue weighted by molar-refractivity contribution is 5.72. The first-order chi connectivity index (χ1) is 6.11. The fraction of sp³-hybridized carbons (Fsp3) is 0.900. The summed E-state index contributed by atoms with van der Waals surface area (Å²) in [4.78, 5) is 10.7. The number of carboxylic acids is 1. The molecule has 0 amide bonds. The average molecular weight is 186 g/mol. The molecular weight excluding hydrogens is 168 g/mol. The standard InChI is InChI=1S/C10H18O3/c1-7(2)9(10(11)12)13-6-5-8-3-4-8/h7-9H,3-6H2,1-2H3,(H,11,12). The van der Waals surface area contributed by atoms with E-state index in [4.69, 9.17) is 9.84 Å². The molecular formula is C10H18O3. The Balaban J connectivity index is 2.16. The van der Waals surface area contributed by atoms with E-state index in [0.717, 1.165) is 12.3 Å².